The smallest absolute Gasteiger partial charge is 0.169 e. The second-order valence-electron chi connectivity index (χ2n) is 2.61. The highest BCUT2D eigenvalue weighted by Crippen LogP contribution is 2.37. The molecule has 6 heteroatoms. The van der Waals surface area contributed by atoms with E-state index in [4.69, 9.17) is 0 Å². The van der Waals surface area contributed by atoms with Gasteiger partial charge >= 0.3 is 6.18 Å². The fourth-order valence-electron chi connectivity index (χ4n) is 1.05. The van der Waals surface area contributed by atoms with Gasteiger partial charge in [-0.05, 0) is 5.56 Å². The van der Waals surface area contributed by atoms with Crippen molar-refractivity contribution in [1.82, 2.24) is 5.34 Å². The van der Waals surface area contributed by atoms with Crippen LogP contribution in [0.4, 0.5) is 22.1 Å². The summed E-state index contributed by atoms with van der Waals surface area (Å²) in [6.07, 6.45) is -4.98. The third kappa shape index (κ3) is 2.41. The second-order valence-corrected chi connectivity index (χ2v) is 2.61. The Morgan fingerprint density at radius 3 is 1.86 bits per heavy atom. The molecule has 0 aromatic heterocycles. The van der Waals surface area contributed by atoms with Crippen LogP contribution >= 0.6 is 0 Å². The maximum absolute atomic E-state index is 12.1. The van der Waals surface area contributed by atoms with Gasteiger partial charge in [0.15, 0.2) is 6.04 Å². The molecule has 1 aromatic carbocycles. The Balaban J connectivity index is 3.02. The first kappa shape index (κ1) is 10.9. The molecule has 1 unspecified atom stereocenters. The van der Waals surface area contributed by atoms with Gasteiger partial charge in [0.2, 0.25) is 0 Å². The van der Waals surface area contributed by atoms with Crippen molar-refractivity contribution in [2.24, 2.45) is 0 Å². The van der Waals surface area contributed by atoms with Crippen LogP contribution in [0.3, 0.4) is 0 Å². The van der Waals surface area contributed by atoms with Gasteiger partial charge in [-0.3, -0.25) is 0 Å². The van der Waals surface area contributed by atoms with Crippen LogP contribution in [0.2, 0.25) is 0 Å². The Bertz CT molecular complexity index is 282. The highest BCUT2D eigenvalue weighted by atomic mass is 19.4. The Morgan fingerprint density at radius 1 is 1.00 bits per heavy atom. The summed E-state index contributed by atoms with van der Waals surface area (Å²) in [4.78, 5) is 0. The van der Waals surface area contributed by atoms with Crippen molar-refractivity contribution in [1.29, 1.82) is 0 Å². The van der Waals surface area contributed by atoms with Crippen molar-refractivity contribution in [3.63, 3.8) is 0 Å². The van der Waals surface area contributed by atoms with E-state index in [0.717, 1.165) is 12.1 Å². The quantitative estimate of drug-likeness (QED) is 0.535. The summed E-state index contributed by atoms with van der Waals surface area (Å²) >= 11 is 0. The van der Waals surface area contributed by atoms with Crippen LogP contribution in [-0.2, 0) is 0 Å². The highest BCUT2D eigenvalue weighted by molar-refractivity contribution is 5.19. The van der Waals surface area contributed by atoms with E-state index in [2.05, 4.69) is 0 Å². The third-order valence-electron chi connectivity index (χ3n) is 1.62. The zero-order valence-corrected chi connectivity index (χ0v) is 6.80. The number of rotatable bonds is 2. The van der Waals surface area contributed by atoms with E-state index >= 15 is 0 Å². The van der Waals surface area contributed by atoms with Gasteiger partial charge in [-0.25, -0.2) is 0 Å². The lowest BCUT2D eigenvalue weighted by Crippen LogP contribution is -2.28. The van der Waals surface area contributed by atoms with Crippen LogP contribution < -0.4 is 0 Å². The zero-order valence-electron chi connectivity index (χ0n) is 6.80. The lowest BCUT2D eigenvalue weighted by molar-refractivity contribution is -0.288. The lowest BCUT2D eigenvalue weighted by atomic mass is 10.1. The van der Waals surface area contributed by atoms with Gasteiger partial charge in [-0.1, -0.05) is 30.3 Å². The number of nitrogens with zero attached hydrogens (tertiary/aromatic N) is 1. The minimum Gasteiger partial charge on any atom is -0.169 e. The van der Waals surface area contributed by atoms with E-state index in [0.29, 0.717) is 0 Å². The van der Waals surface area contributed by atoms with Gasteiger partial charge in [0.05, 0.1) is 0 Å². The van der Waals surface area contributed by atoms with Crippen LogP contribution in [0, 0.1) is 0 Å². The van der Waals surface area contributed by atoms with E-state index < -0.39 is 23.1 Å². The van der Waals surface area contributed by atoms with Crippen LogP contribution in [0.1, 0.15) is 11.6 Å². The fourth-order valence-corrected chi connectivity index (χ4v) is 1.05. The number of benzene rings is 1. The summed E-state index contributed by atoms with van der Waals surface area (Å²) in [6, 6.07) is 3.16. The van der Waals surface area contributed by atoms with Crippen molar-refractivity contribution in [2.45, 2.75) is 12.2 Å². The topological polar surface area (TPSA) is 3.24 Å². The predicted octanol–water partition coefficient (Wildman–Crippen LogP) is 3.36. The van der Waals surface area contributed by atoms with E-state index in [1.165, 1.54) is 18.2 Å². The number of hydrogen-bond acceptors (Lipinski definition) is 1. The average Bonchev–Trinajstić information content (AvgIpc) is 2.02. The molecule has 1 atom stereocenters. The van der Waals surface area contributed by atoms with Crippen LogP contribution in [0.25, 0.3) is 0 Å². The third-order valence-corrected chi connectivity index (χ3v) is 1.62. The molecule has 0 saturated carbocycles. The summed E-state index contributed by atoms with van der Waals surface area (Å²) in [5.74, 6) is 0. The van der Waals surface area contributed by atoms with Gasteiger partial charge in [0.25, 0.3) is 0 Å². The lowest BCUT2D eigenvalue weighted by Gasteiger charge is -2.19. The van der Waals surface area contributed by atoms with Crippen molar-refractivity contribution in [3.05, 3.63) is 35.9 Å². The first-order chi connectivity index (χ1) is 6.43. The fraction of sp³-hybridized carbons (Fsp3) is 0.250. The molecule has 0 spiro atoms. The molecule has 0 saturated heterocycles. The molecule has 1 rings (SSSR count). The molecule has 78 valence electrons. The summed E-state index contributed by atoms with van der Waals surface area (Å²) < 4.78 is 60.4. The van der Waals surface area contributed by atoms with Crippen molar-refractivity contribution in [3.8, 4) is 0 Å². The van der Waals surface area contributed by atoms with Crippen molar-refractivity contribution >= 4 is 0 Å². The Kier molecular flexibility index (Phi) is 3.05. The zero-order chi connectivity index (χ0) is 10.8. The van der Waals surface area contributed by atoms with Crippen LogP contribution in [0.5, 0.6) is 0 Å². The molecule has 0 aliphatic rings. The SMILES string of the molecule is FN(F)C(c1ccccc1)C(F)(F)F. The monoisotopic (exact) mass is 211 g/mol. The molecule has 0 N–H and O–H groups in total. The summed E-state index contributed by atoms with van der Waals surface area (Å²) in [5, 5.41) is -1.84. The molecule has 0 bridgehead atoms. The van der Waals surface area contributed by atoms with E-state index in [1.807, 2.05) is 0 Å². The van der Waals surface area contributed by atoms with E-state index in [1.54, 1.807) is 0 Å². The van der Waals surface area contributed by atoms with Gasteiger partial charge in [0, 0.05) is 5.34 Å². The second kappa shape index (κ2) is 3.91. The number of hydrogen-bond donors (Lipinski definition) is 0. The van der Waals surface area contributed by atoms with Crippen LogP contribution in [-0.4, -0.2) is 11.5 Å². The van der Waals surface area contributed by atoms with Gasteiger partial charge in [-0.15, -0.1) is 8.96 Å². The highest BCUT2D eigenvalue weighted by Gasteiger charge is 2.46. The summed E-state index contributed by atoms with van der Waals surface area (Å²) in [6.45, 7) is 0. The molecule has 0 heterocycles. The molecular weight excluding hydrogens is 205 g/mol. The Labute approximate surface area is 76.6 Å². The molecule has 0 radical (unpaired) electrons. The maximum atomic E-state index is 12.1. The summed E-state index contributed by atoms with van der Waals surface area (Å²) in [7, 11) is 0. The van der Waals surface area contributed by atoms with Gasteiger partial charge in [-0.2, -0.15) is 13.2 Å². The largest absolute Gasteiger partial charge is 0.413 e. The van der Waals surface area contributed by atoms with Gasteiger partial charge in [0.1, 0.15) is 0 Å². The number of alkyl halides is 3. The first-order valence-electron chi connectivity index (χ1n) is 3.65. The molecule has 1 aromatic rings. The predicted molar refractivity (Wildman–Crippen MR) is 39.3 cm³/mol. The Morgan fingerprint density at radius 2 is 1.50 bits per heavy atom. The Hall–Kier alpha value is -1.17. The van der Waals surface area contributed by atoms with Crippen LogP contribution in [0.15, 0.2) is 30.3 Å². The first-order valence-corrected chi connectivity index (χ1v) is 3.65. The molecule has 0 fully saturated rings. The van der Waals surface area contributed by atoms with E-state index in [-0.39, 0.29) is 0 Å². The maximum Gasteiger partial charge on any atom is 0.413 e. The van der Waals surface area contributed by atoms with Gasteiger partial charge < -0.3 is 0 Å². The summed E-state index contributed by atoms with van der Waals surface area (Å²) in [5.41, 5.74) is -0.481. The normalized spacial score (nSPS) is 14.4. The molecule has 14 heavy (non-hydrogen) atoms. The van der Waals surface area contributed by atoms with E-state index in [9.17, 15) is 22.1 Å². The molecule has 0 amide bonds. The van der Waals surface area contributed by atoms with Crippen molar-refractivity contribution < 1.29 is 22.1 Å². The van der Waals surface area contributed by atoms with Crippen molar-refractivity contribution in [2.75, 3.05) is 0 Å². The standard InChI is InChI=1S/C8H6F5N/c9-8(10,11)7(14(12)13)6-4-2-1-3-5-6/h1-5,7H. The minimum absolute atomic E-state index is 0.481. The molecular formula is C8H6F5N. The number of halogens is 5. The molecule has 0 aliphatic heterocycles. The molecule has 1 nitrogen and oxygen atoms in total. The average molecular weight is 211 g/mol. The minimum atomic E-state index is -4.98. The molecule has 0 aliphatic carbocycles.